The molecular weight excluding hydrogens is 341 g/mol. The first kappa shape index (κ1) is 19.5. The number of aryl methyl sites for hydroxylation is 1. The topological polar surface area (TPSA) is 35.6 Å². The van der Waals surface area contributed by atoms with Crippen molar-refractivity contribution in [2.75, 3.05) is 26.2 Å². The summed E-state index contributed by atoms with van der Waals surface area (Å²) in [5.74, 6) is -0.242. The normalized spacial score (nSPS) is 16.9. The number of rotatable bonds is 6. The van der Waals surface area contributed by atoms with E-state index in [2.05, 4.69) is 46.3 Å². The van der Waals surface area contributed by atoms with Crippen molar-refractivity contribution in [2.24, 2.45) is 0 Å². The number of hydrogen-bond acceptors (Lipinski definition) is 3. The van der Waals surface area contributed by atoms with Crippen LogP contribution in [0.2, 0.25) is 0 Å². The third-order valence-corrected chi connectivity index (χ3v) is 5.20. The first-order chi connectivity index (χ1) is 13.0. The Morgan fingerprint density at radius 3 is 2.44 bits per heavy atom. The zero-order valence-corrected chi connectivity index (χ0v) is 16.1. The van der Waals surface area contributed by atoms with Crippen molar-refractivity contribution in [3.63, 3.8) is 0 Å². The fourth-order valence-electron chi connectivity index (χ4n) is 3.48. The number of hydrogen-bond donors (Lipinski definition) is 1. The van der Waals surface area contributed by atoms with E-state index in [0.29, 0.717) is 6.54 Å². The Labute approximate surface area is 161 Å². The highest BCUT2D eigenvalue weighted by molar-refractivity contribution is 5.81. The lowest BCUT2D eigenvalue weighted by Crippen LogP contribution is -2.53. The summed E-state index contributed by atoms with van der Waals surface area (Å²) in [6.07, 6.45) is 0. The molecule has 4 nitrogen and oxygen atoms in total. The minimum absolute atomic E-state index is 0.0199. The van der Waals surface area contributed by atoms with Crippen LogP contribution in [-0.2, 0) is 17.9 Å². The zero-order chi connectivity index (χ0) is 19.2. The average molecular weight is 369 g/mol. The van der Waals surface area contributed by atoms with E-state index in [0.717, 1.165) is 38.3 Å². The van der Waals surface area contributed by atoms with E-state index in [1.807, 2.05) is 6.92 Å². The van der Waals surface area contributed by atoms with Gasteiger partial charge < -0.3 is 5.32 Å². The van der Waals surface area contributed by atoms with Crippen molar-refractivity contribution < 1.29 is 9.18 Å². The van der Waals surface area contributed by atoms with Gasteiger partial charge in [0.25, 0.3) is 0 Å². The summed E-state index contributed by atoms with van der Waals surface area (Å²) in [6, 6.07) is 14.7. The maximum absolute atomic E-state index is 12.9. The van der Waals surface area contributed by atoms with E-state index in [1.165, 1.54) is 23.3 Å². The van der Waals surface area contributed by atoms with Crippen LogP contribution < -0.4 is 5.32 Å². The molecule has 0 radical (unpaired) electrons. The number of nitrogens with one attached hydrogen (secondary N) is 1. The van der Waals surface area contributed by atoms with Crippen molar-refractivity contribution in [3.05, 3.63) is 71.0 Å². The molecule has 5 heteroatoms. The standard InChI is InChI=1S/C22H28FN3O/c1-17-4-3-5-20(14-17)16-25-10-12-26(13-11-25)18(2)22(27)24-15-19-6-8-21(23)9-7-19/h3-9,14,18H,10-13,15-16H2,1-2H3,(H,24,27). The predicted octanol–water partition coefficient (Wildman–Crippen LogP) is 2.96. The van der Waals surface area contributed by atoms with Gasteiger partial charge >= 0.3 is 0 Å². The Balaban J connectivity index is 1.44. The highest BCUT2D eigenvalue weighted by Gasteiger charge is 2.25. The Morgan fingerprint density at radius 2 is 1.78 bits per heavy atom. The molecule has 2 aromatic carbocycles. The first-order valence-electron chi connectivity index (χ1n) is 9.55. The molecule has 2 aromatic rings. The van der Waals surface area contributed by atoms with Gasteiger partial charge in [0, 0.05) is 39.3 Å². The van der Waals surface area contributed by atoms with Gasteiger partial charge in [-0.05, 0) is 37.1 Å². The summed E-state index contributed by atoms with van der Waals surface area (Å²) in [4.78, 5) is 17.1. The number of carbonyl (C=O) groups is 1. The highest BCUT2D eigenvalue weighted by atomic mass is 19.1. The Hall–Kier alpha value is -2.24. The summed E-state index contributed by atoms with van der Waals surface area (Å²) in [7, 11) is 0. The minimum Gasteiger partial charge on any atom is -0.351 e. The summed E-state index contributed by atoms with van der Waals surface area (Å²) >= 11 is 0. The number of halogens is 1. The molecule has 1 N–H and O–H groups in total. The summed E-state index contributed by atoms with van der Waals surface area (Å²) in [5, 5.41) is 2.96. The Morgan fingerprint density at radius 1 is 1.07 bits per heavy atom. The van der Waals surface area contributed by atoms with Crippen molar-refractivity contribution in [2.45, 2.75) is 33.0 Å². The largest absolute Gasteiger partial charge is 0.351 e. The van der Waals surface area contributed by atoms with Crippen LogP contribution in [0.4, 0.5) is 4.39 Å². The fourth-order valence-corrected chi connectivity index (χ4v) is 3.48. The second kappa shape index (κ2) is 9.11. The third-order valence-electron chi connectivity index (χ3n) is 5.20. The number of amides is 1. The van der Waals surface area contributed by atoms with E-state index in [1.54, 1.807) is 12.1 Å². The molecule has 0 saturated carbocycles. The van der Waals surface area contributed by atoms with E-state index >= 15 is 0 Å². The SMILES string of the molecule is Cc1cccc(CN2CCN(C(C)C(=O)NCc3ccc(F)cc3)CC2)c1. The quantitative estimate of drug-likeness (QED) is 0.850. The predicted molar refractivity (Wildman–Crippen MR) is 106 cm³/mol. The van der Waals surface area contributed by atoms with Gasteiger partial charge in [-0.1, -0.05) is 42.0 Å². The van der Waals surface area contributed by atoms with E-state index in [-0.39, 0.29) is 17.8 Å². The molecule has 1 fully saturated rings. The molecule has 1 aliphatic heterocycles. The van der Waals surface area contributed by atoms with Crippen molar-refractivity contribution in [3.8, 4) is 0 Å². The van der Waals surface area contributed by atoms with Gasteiger partial charge in [-0.3, -0.25) is 14.6 Å². The third kappa shape index (κ3) is 5.62. The van der Waals surface area contributed by atoms with Crippen LogP contribution in [0.25, 0.3) is 0 Å². The fraction of sp³-hybridized carbons (Fsp3) is 0.409. The van der Waals surface area contributed by atoms with Gasteiger partial charge in [0.05, 0.1) is 6.04 Å². The van der Waals surface area contributed by atoms with Gasteiger partial charge in [0.2, 0.25) is 5.91 Å². The van der Waals surface area contributed by atoms with Gasteiger partial charge in [0.15, 0.2) is 0 Å². The number of nitrogens with zero attached hydrogens (tertiary/aromatic N) is 2. The van der Waals surface area contributed by atoms with E-state index in [9.17, 15) is 9.18 Å². The number of benzene rings is 2. The molecule has 1 heterocycles. The molecule has 0 aliphatic carbocycles. The molecule has 144 valence electrons. The lowest BCUT2D eigenvalue weighted by molar-refractivity contribution is -0.126. The maximum Gasteiger partial charge on any atom is 0.237 e. The lowest BCUT2D eigenvalue weighted by Gasteiger charge is -2.37. The average Bonchev–Trinajstić information content (AvgIpc) is 2.67. The molecule has 27 heavy (non-hydrogen) atoms. The van der Waals surface area contributed by atoms with Crippen LogP contribution in [0.1, 0.15) is 23.6 Å². The van der Waals surface area contributed by atoms with Crippen molar-refractivity contribution in [1.82, 2.24) is 15.1 Å². The van der Waals surface area contributed by atoms with Crippen molar-refractivity contribution >= 4 is 5.91 Å². The Bertz CT molecular complexity index is 754. The van der Waals surface area contributed by atoms with Crippen LogP contribution >= 0.6 is 0 Å². The van der Waals surface area contributed by atoms with Gasteiger partial charge in [-0.25, -0.2) is 4.39 Å². The van der Waals surface area contributed by atoms with Gasteiger partial charge in [0.1, 0.15) is 5.82 Å². The van der Waals surface area contributed by atoms with Crippen LogP contribution in [0.15, 0.2) is 48.5 Å². The smallest absolute Gasteiger partial charge is 0.237 e. The molecule has 3 rings (SSSR count). The Kier molecular flexibility index (Phi) is 6.58. The molecule has 1 saturated heterocycles. The van der Waals surface area contributed by atoms with Crippen LogP contribution in [-0.4, -0.2) is 47.9 Å². The molecule has 0 spiro atoms. The van der Waals surface area contributed by atoms with Gasteiger partial charge in [-0.2, -0.15) is 0 Å². The summed E-state index contributed by atoms with van der Waals surface area (Å²) in [5.41, 5.74) is 3.53. The second-order valence-corrected chi connectivity index (χ2v) is 7.32. The molecule has 1 atom stereocenters. The number of carbonyl (C=O) groups excluding carboxylic acids is 1. The maximum atomic E-state index is 12.9. The summed E-state index contributed by atoms with van der Waals surface area (Å²) in [6.45, 7) is 9.16. The van der Waals surface area contributed by atoms with E-state index in [4.69, 9.17) is 0 Å². The van der Waals surface area contributed by atoms with Crippen LogP contribution in [0.5, 0.6) is 0 Å². The second-order valence-electron chi connectivity index (χ2n) is 7.32. The summed E-state index contributed by atoms with van der Waals surface area (Å²) < 4.78 is 12.9. The molecule has 1 aliphatic rings. The monoisotopic (exact) mass is 369 g/mol. The first-order valence-corrected chi connectivity index (χ1v) is 9.55. The highest BCUT2D eigenvalue weighted by Crippen LogP contribution is 2.12. The molecule has 0 aromatic heterocycles. The van der Waals surface area contributed by atoms with E-state index < -0.39 is 0 Å². The van der Waals surface area contributed by atoms with Crippen molar-refractivity contribution in [1.29, 1.82) is 0 Å². The zero-order valence-electron chi connectivity index (χ0n) is 16.1. The van der Waals surface area contributed by atoms with Crippen LogP contribution in [0.3, 0.4) is 0 Å². The van der Waals surface area contributed by atoms with Gasteiger partial charge in [-0.15, -0.1) is 0 Å². The molecular formula is C22H28FN3O. The van der Waals surface area contributed by atoms with Crippen LogP contribution in [0, 0.1) is 12.7 Å². The number of piperazine rings is 1. The molecule has 0 bridgehead atoms. The molecule has 1 unspecified atom stereocenters. The molecule has 1 amide bonds. The minimum atomic E-state index is -0.262. The lowest BCUT2D eigenvalue weighted by atomic mass is 10.1.